The van der Waals surface area contributed by atoms with Crippen molar-refractivity contribution in [2.75, 3.05) is 18.9 Å². The molecule has 0 unspecified atom stereocenters. The minimum atomic E-state index is -0.942. The molecule has 0 aliphatic carbocycles. The molecule has 2 N–H and O–H groups in total. The van der Waals surface area contributed by atoms with E-state index in [0.29, 0.717) is 22.2 Å². The lowest BCUT2D eigenvalue weighted by Gasteiger charge is -2.18. The molecule has 2 aromatic carbocycles. The summed E-state index contributed by atoms with van der Waals surface area (Å²) in [4.78, 5) is 14.4. The SMILES string of the molecule is CN1CCC[C@H]1C(=O)Nc1cc2c(/C=C/c3ccc(F)c(F)c3)n[nH]c2cc1F. The maximum absolute atomic E-state index is 14.4. The third-order valence-electron chi connectivity index (χ3n) is 5.14. The molecule has 8 heteroatoms. The number of halogens is 3. The van der Waals surface area contributed by atoms with E-state index in [-0.39, 0.29) is 17.6 Å². The molecule has 1 saturated heterocycles. The Morgan fingerprint density at radius 1 is 1.17 bits per heavy atom. The first-order valence-electron chi connectivity index (χ1n) is 9.24. The number of amides is 1. The van der Waals surface area contributed by atoms with E-state index in [1.54, 1.807) is 12.2 Å². The van der Waals surface area contributed by atoms with Gasteiger partial charge in [0, 0.05) is 11.5 Å². The molecule has 0 radical (unpaired) electrons. The topological polar surface area (TPSA) is 61.0 Å². The number of anilines is 1. The molecular weight excluding hydrogens is 381 g/mol. The maximum atomic E-state index is 14.4. The van der Waals surface area contributed by atoms with Gasteiger partial charge in [-0.3, -0.25) is 14.8 Å². The van der Waals surface area contributed by atoms with Gasteiger partial charge in [-0.05, 0) is 56.3 Å². The van der Waals surface area contributed by atoms with Crippen LogP contribution < -0.4 is 5.32 Å². The molecule has 3 aromatic rings. The molecule has 29 heavy (non-hydrogen) atoms. The smallest absolute Gasteiger partial charge is 0.241 e. The van der Waals surface area contributed by atoms with Crippen LogP contribution in [0.15, 0.2) is 30.3 Å². The molecule has 5 nitrogen and oxygen atoms in total. The van der Waals surface area contributed by atoms with E-state index in [1.165, 1.54) is 18.2 Å². The molecule has 150 valence electrons. The van der Waals surface area contributed by atoms with Gasteiger partial charge in [-0.25, -0.2) is 13.2 Å². The minimum absolute atomic E-state index is 0.0756. The second-order valence-electron chi connectivity index (χ2n) is 7.12. The van der Waals surface area contributed by atoms with Crippen LogP contribution in [-0.4, -0.2) is 40.6 Å². The number of fused-ring (bicyclic) bond motifs is 1. The van der Waals surface area contributed by atoms with Crippen LogP contribution in [0.5, 0.6) is 0 Å². The van der Waals surface area contributed by atoms with E-state index in [9.17, 15) is 18.0 Å². The van der Waals surface area contributed by atoms with Crippen molar-refractivity contribution in [1.82, 2.24) is 15.1 Å². The average molecular weight is 400 g/mol. The van der Waals surface area contributed by atoms with Crippen LogP contribution in [0, 0.1) is 17.5 Å². The van der Waals surface area contributed by atoms with Crippen molar-refractivity contribution < 1.29 is 18.0 Å². The van der Waals surface area contributed by atoms with Crippen molar-refractivity contribution in [2.24, 2.45) is 0 Å². The lowest BCUT2D eigenvalue weighted by molar-refractivity contribution is -0.119. The van der Waals surface area contributed by atoms with Crippen LogP contribution in [0.3, 0.4) is 0 Å². The lowest BCUT2D eigenvalue weighted by Crippen LogP contribution is -2.37. The summed E-state index contributed by atoms with van der Waals surface area (Å²) in [5.41, 5.74) is 1.48. The summed E-state index contributed by atoms with van der Waals surface area (Å²) in [6.45, 7) is 0.834. The Morgan fingerprint density at radius 3 is 2.72 bits per heavy atom. The molecule has 1 aliphatic heterocycles. The molecule has 0 saturated carbocycles. The summed E-state index contributed by atoms with van der Waals surface area (Å²) < 4.78 is 40.8. The maximum Gasteiger partial charge on any atom is 0.241 e. The summed E-state index contributed by atoms with van der Waals surface area (Å²) in [6, 6.07) is 6.07. The summed E-state index contributed by atoms with van der Waals surface area (Å²) in [6.07, 6.45) is 4.85. The Labute approximate surface area is 165 Å². The number of hydrogen-bond donors (Lipinski definition) is 2. The standard InChI is InChI=1S/C21H19F3N4O/c1-28-8-2-3-20(28)21(29)25-19-10-13-17(26-27-18(13)11-16(19)24)7-5-12-4-6-14(22)15(23)9-12/h4-7,9-11,20H,2-3,8H2,1H3,(H,25,29)(H,26,27)/b7-5+/t20-/m0/s1. The quantitative estimate of drug-likeness (QED) is 0.691. The van der Waals surface area contributed by atoms with Crippen LogP contribution >= 0.6 is 0 Å². The van der Waals surface area contributed by atoms with Gasteiger partial charge in [-0.2, -0.15) is 5.10 Å². The first-order valence-corrected chi connectivity index (χ1v) is 9.24. The third-order valence-corrected chi connectivity index (χ3v) is 5.14. The Bertz CT molecular complexity index is 1110. The van der Waals surface area contributed by atoms with E-state index in [1.807, 2.05) is 11.9 Å². The summed E-state index contributed by atoms with van der Waals surface area (Å²) >= 11 is 0. The van der Waals surface area contributed by atoms with Crippen molar-refractivity contribution in [2.45, 2.75) is 18.9 Å². The second-order valence-corrected chi connectivity index (χ2v) is 7.12. The molecule has 1 fully saturated rings. The van der Waals surface area contributed by atoms with E-state index < -0.39 is 17.5 Å². The predicted molar refractivity (Wildman–Crippen MR) is 106 cm³/mol. The second kappa shape index (κ2) is 7.71. The van der Waals surface area contributed by atoms with Gasteiger partial charge in [0.15, 0.2) is 11.6 Å². The van der Waals surface area contributed by atoms with Crippen molar-refractivity contribution in [3.8, 4) is 0 Å². The number of nitrogens with one attached hydrogen (secondary N) is 2. The zero-order valence-electron chi connectivity index (χ0n) is 15.7. The number of benzene rings is 2. The van der Waals surface area contributed by atoms with E-state index in [0.717, 1.165) is 31.5 Å². The number of carbonyl (C=O) groups excluding carboxylic acids is 1. The molecule has 0 bridgehead atoms. The van der Waals surface area contributed by atoms with Gasteiger partial charge in [0.1, 0.15) is 5.82 Å². The van der Waals surface area contributed by atoms with Crippen molar-refractivity contribution in [1.29, 1.82) is 0 Å². The zero-order chi connectivity index (χ0) is 20.5. The highest BCUT2D eigenvalue weighted by atomic mass is 19.2. The Balaban J connectivity index is 1.61. The summed E-state index contributed by atoms with van der Waals surface area (Å²) in [7, 11) is 1.87. The first-order chi connectivity index (χ1) is 13.9. The highest BCUT2D eigenvalue weighted by molar-refractivity contribution is 5.98. The fourth-order valence-corrected chi connectivity index (χ4v) is 3.53. The normalized spacial score (nSPS) is 17.4. The van der Waals surface area contributed by atoms with Gasteiger partial charge < -0.3 is 5.32 Å². The van der Waals surface area contributed by atoms with E-state index in [2.05, 4.69) is 15.5 Å². The molecule has 1 aromatic heterocycles. The number of rotatable bonds is 4. The summed E-state index contributed by atoms with van der Waals surface area (Å²) in [5, 5.41) is 10.1. The van der Waals surface area contributed by atoms with Crippen LogP contribution in [0.4, 0.5) is 18.9 Å². The first kappa shape index (κ1) is 19.2. The van der Waals surface area contributed by atoms with Gasteiger partial charge in [0.2, 0.25) is 5.91 Å². The molecule has 2 heterocycles. The van der Waals surface area contributed by atoms with Crippen molar-refractivity contribution >= 4 is 34.6 Å². The highest BCUT2D eigenvalue weighted by Gasteiger charge is 2.28. The fraction of sp³-hybridized carbons (Fsp3) is 0.238. The van der Waals surface area contributed by atoms with E-state index in [4.69, 9.17) is 0 Å². The van der Waals surface area contributed by atoms with Gasteiger partial charge >= 0.3 is 0 Å². The Hall–Kier alpha value is -3.13. The van der Waals surface area contributed by atoms with Gasteiger partial charge in [0.25, 0.3) is 0 Å². The number of aromatic amines is 1. The minimum Gasteiger partial charge on any atom is -0.322 e. The van der Waals surface area contributed by atoms with E-state index >= 15 is 0 Å². The molecule has 0 spiro atoms. The Kier molecular flexibility index (Phi) is 5.10. The van der Waals surface area contributed by atoms with Gasteiger partial charge in [-0.15, -0.1) is 0 Å². The largest absolute Gasteiger partial charge is 0.322 e. The predicted octanol–water partition coefficient (Wildman–Crippen LogP) is 4.18. The van der Waals surface area contributed by atoms with Crippen LogP contribution in [-0.2, 0) is 4.79 Å². The lowest BCUT2D eigenvalue weighted by atomic mass is 10.1. The number of aromatic nitrogens is 2. The van der Waals surface area contributed by atoms with Gasteiger partial charge in [-0.1, -0.05) is 12.1 Å². The monoisotopic (exact) mass is 400 g/mol. The Morgan fingerprint density at radius 2 is 2.00 bits per heavy atom. The van der Waals surface area contributed by atoms with Crippen molar-refractivity contribution in [3.63, 3.8) is 0 Å². The molecular formula is C21H19F3N4O. The van der Waals surface area contributed by atoms with Crippen LogP contribution in [0.2, 0.25) is 0 Å². The average Bonchev–Trinajstić information content (AvgIpc) is 3.29. The number of carbonyl (C=O) groups is 1. The number of H-pyrrole nitrogens is 1. The molecule has 1 atom stereocenters. The highest BCUT2D eigenvalue weighted by Crippen LogP contribution is 2.26. The van der Waals surface area contributed by atoms with Gasteiger partial charge in [0.05, 0.1) is 22.9 Å². The fourth-order valence-electron chi connectivity index (χ4n) is 3.53. The van der Waals surface area contributed by atoms with Crippen LogP contribution in [0.25, 0.3) is 23.1 Å². The zero-order valence-corrected chi connectivity index (χ0v) is 15.7. The molecule has 1 aliphatic rings. The number of likely N-dealkylation sites (tertiary alicyclic amines) is 1. The summed E-state index contributed by atoms with van der Waals surface area (Å²) in [5.74, 6) is -2.67. The number of likely N-dealkylation sites (N-methyl/N-ethyl adjacent to an activating group) is 1. The number of hydrogen-bond acceptors (Lipinski definition) is 3. The number of nitrogens with zero attached hydrogens (tertiary/aromatic N) is 2. The van der Waals surface area contributed by atoms with Crippen molar-refractivity contribution in [3.05, 3.63) is 59.0 Å². The molecule has 4 rings (SSSR count). The van der Waals surface area contributed by atoms with Crippen LogP contribution in [0.1, 0.15) is 24.1 Å². The molecule has 1 amide bonds. The third kappa shape index (κ3) is 3.88.